The van der Waals surface area contributed by atoms with Crippen molar-refractivity contribution >= 4 is 17.2 Å². The summed E-state index contributed by atoms with van der Waals surface area (Å²) in [5, 5.41) is 22.2. The summed E-state index contributed by atoms with van der Waals surface area (Å²) in [6.45, 7) is 0. The van der Waals surface area contributed by atoms with E-state index in [0.717, 1.165) is 16.9 Å². The molecule has 3 N–H and O–H groups in total. The van der Waals surface area contributed by atoms with Gasteiger partial charge in [-0.2, -0.15) is 0 Å². The summed E-state index contributed by atoms with van der Waals surface area (Å²) >= 11 is 0. The molecule has 6 nitrogen and oxygen atoms in total. The lowest BCUT2D eigenvalue weighted by Gasteiger charge is -2.08. The zero-order valence-electron chi connectivity index (χ0n) is 12.6. The summed E-state index contributed by atoms with van der Waals surface area (Å²) in [5.41, 5.74) is 3.19. The minimum Gasteiger partial charge on any atom is -0.508 e. The van der Waals surface area contributed by atoms with Gasteiger partial charge in [-0.3, -0.25) is 4.40 Å². The van der Waals surface area contributed by atoms with Crippen molar-refractivity contribution < 1.29 is 10.2 Å². The van der Waals surface area contributed by atoms with Gasteiger partial charge in [-0.05, 0) is 36.4 Å². The van der Waals surface area contributed by atoms with E-state index < -0.39 is 0 Å². The first-order valence-electron chi connectivity index (χ1n) is 7.38. The fraction of sp³-hybridized carbons (Fsp3) is 0. The molecule has 0 radical (unpaired) electrons. The lowest BCUT2D eigenvalue weighted by atomic mass is 10.1. The lowest BCUT2D eigenvalue weighted by molar-refractivity contribution is 0.475. The predicted molar refractivity (Wildman–Crippen MR) is 91.5 cm³/mol. The van der Waals surface area contributed by atoms with E-state index >= 15 is 0 Å². The number of nitrogens with zero attached hydrogens (tertiary/aromatic N) is 3. The van der Waals surface area contributed by atoms with Gasteiger partial charge in [0.05, 0.1) is 11.9 Å². The van der Waals surface area contributed by atoms with E-state index in [1.54, 1.807) is 54.9 Å². The van der Waals surface area contributed by atoms with Crippen molar-refractivity contribution in [1.29, 1.82) is 0 Å². The highest BCUT2D eigenvalue weighted by Gasteiger charge is 2.11. The summed E-state index contributed by atoms with van der Waals surface area (Å²) in [6.07, 6.45) is 5.25. The van der Waals surface area contributed by atoms with Crippen LogP contribution in [0.5, 0.6) is 11.5 Å². The molecule has 0 saturated heterocycles. The highest BCUT2D eigenvalue weighted by atomic mass is 16.3. The van der Waals surface area contributed by atoms with Crippen LogP contribution in [0.15, 0.2) is 67.1 Å². The number of benzene rings is 2. The Labute approximate surface area is 137 Å². The van der Waals surface area contributed by atoms with E-state index in [4.69, 9.17) is 0 Å². The second-order valence-electron chi connectivity index (χ2n) is 5.34. The van der Waals surface area contributed by atoms with Crippen molar-refractivity contribution in [1.82, 2.24) is 14.4 Å². The van der Waals surface area contributed by atoms with Crippen LogP contribution in [-0.2, 0) is 0 Å². The summed E-state index contributed by atoms with van der Waals surface area (Å²) < 4.78 is 1.91. The maximum absolute atomic E-state index is 9.68. The van der Waals surface area contributed by atoms with Crippen LogP contribution >= 0.6 is 0 Å². The fourth-order valence-corrected chi connectivity index (χ4v) is 2.57. The van der Waals surface area contributed by atoms with Crippen molar-refractivity contribution in [2.24, 2.45) is 0 Å². The number of phenolic OH excluding ortho intramolecular Hbond substituents is 2. The molecule has 6 heteroatoms. The Morgan fingerprint density at radius 1 is 0.917 bits per heavy atom. The standard InChI is InChI=1S/C18H14N4O2/c23-14-6-4-13(5-7-14)21-17-18-20-11-16(22(18)9-8-19-17)12-2-1-3-15(24)10-12/h1-11,23-24H,(H,19,21). The van der Waals surface area contributed by atoms with E-state index in [-0.39, 0.29) is 11.5 Å². The maximum atomic E-state index is 9.68. The van der Waals surface area contributed by atoms with Crippen LogP contribution in [-0.4, -0.2) is 24.6 Å². The molecule has 24 heavy (non-hydrogen) atoms. The third-order valence-corrected chi connectivity index (χ3v) is 3.70. The van der Waals surface area contributed by atoms with Crippen LogP contribution in [0.1, 0.15) is 0 Å². The zero-order chi connectivity index (χ0) is 16.5. The Morgan fingerprint density at radius 3 is 2.54 bits per heavy atom. The molecule has 118 valence electrons. The van der Waals surface area contributed by atoms with E-state index in [9.17, 15) is 10.2 Å². The fourth-order valence-electron chi connectivity index (χ4n) is 2.57. The van der Waals surface area contributed by atoms with Crippen molar-refractivity contribution in [2.75, 3.05) is 5.32 Å². The third-order valence-electron chi connectivity index (χ3n) is 3.70. The molecular weight excluding hydrogens is 304 g/mol. The Kier molecular flexibility index (Phi) is 3.28. The predicted octanol–water partition coefficient (Wildman–Crippen LogP) is 3.55. The van der Waals surface area contributed by atoms with Gasteiger partial charge in [-0.25, -0.2) is 9.97 Å². The van der Waals surface area contributed by atoms with Crippen LogP contribution in [0.2, 0.25) is 0 Å². The Hall–Kier alpha value is -3.54. The molecule has 0 fully saturated rings. The Morgan fingerprint density at radius 2 is 1.75 bits per heavy atom. The first kappa shape index (κ1) is 14.1. The maximum Gasteiger partial charge on any atom is 0.180 e. The van der Waals surface area contributed by atoms with E-state index in [0.29, 0.717) is 11.5 Å². The quantitative estimate of drug-likeness (QED) is 0.503. The van der Waals surface area contributed by atoms with Gasteiger partial charge >= 0.3 is 0 Å². The first-order chi connectivity index (χ1) is 11.7. The molecule has 0 aliphatic rings. The van der Waals surface area contributed by atoms with Gasteiger partial charge in [0.15, 0.2) is 11.5 Å². The van der Waals surface area contributed by atoms with Gasteiger partial charge in [0.2, 0.25) is 0 Å². The van der Waals surface area contributed by atoms with E-state index in [2.05, 4.69) is 15.3 Å². The normalized spacial score (nSPS) is 10.8. The van der Waals surface area contributed by atoms with Crippen LogP contribution in [0.25, 0.3) is 16.9 Å². The molecule has 4 aromatic rings. The molecule has 4 rings (SSSR count). The molecule has 0 bridgehead atoms. The number of phenols is 2. The number of aromatic nitrogens is 3. The number of hydrogen-bond donors (Lipinski definition) is 3. The van der Waals surface area contributed by atoms with Crippen LogP contribution in [0, 0.1) is 0 Å². The average molecular weight is 318 g/mol. The van der Waals surface area contributed by atoms with Gasteiger partial charge in [-0.15, -0.1) is 0 Å². The van der Waals surface area contributed by atoms with Gasteiger partial charge < -0.3 is 15.5 Å². The second kappa shape index (κ2) is 5.58. The molecule has 0 saturated carbocycles. The number of nitrogens with one attached hydrogen (secondary N) is 1. The van der Waals surface area contributed by atoms with Gasteiger partial charge in [0, 0.05) is 23.6 Å². The Bertz CT molecular complexity index is 1010. The van der Waals surface area contributed by atoms with Gasteiger partial charge in [0.25, 0.3) is 0 Å². The minimum absolute atomic E-state index is 0.207. The topological polar surface area (TPSA) is 82.7 Å². The van der Waals surface area contributed by atoms with Crippen molar-refractivity contribution in [3.63, 3.8) is 0 Å². The molecular formula is C18H14N4O2. The summed E-state index contributed by atoms with van der Waals surface area (Å²) in [4.78, 5) is 8.79. The molecule has 2 aromatic carbocycles. The minimum atomic E-state index is 0.207. The third kappa shape index (κ3) is 2.50. The SMILES string of the molecule is Oc1ccc(Nc2nccn3c(-c4cccc(O)c4)cnc23)cc1. The monoisotopic (exact) mass is 318 g/mol. The molecule has 2 heterocycles. The number of rotatable bonds is 3. The van der Waals surface area contributed by atoms with Crippen LogP contribution in [0.4, 0.5) is 11.5 Å². The first-order valence-corrected chi connectivity index (χ1v) is 7.38. The van der Waals surface area contributed by atoms with Crippen molar-refractivity contribution in [3.8, 4) is 22.8 Å². The van der Waals surface area contributed by atoms with E-state index in [1.165, 1.54) is 0 Å². The van der Waals surface area contributed by atoms with Gasteiger partial charge in [-0.1, -0.05) is 12.1 Å². The number of imidazole rings is 1. The van der Waals surface area contributed by atoms with Crippen LogP contribution in [0.3, 0.4) is 0 Å². The number of anilines is 2. The lowest BCUT2D eigenvalue weighted by Crippen LogP contribution is -1.98. The molecule has 0 atom stereocenters. The highest BCUT2D eigenvalue weighted by molar-refractivity contribution is 5.74. The van der Waals surface area contributed by atoms with Crippen LogP contribution < -0.4 is 5.32 Å². The smallest absolute Gasteiger partial charge is 0.180 e. The number of hydrogen-bond acceptors (Lipinski definition) is 5. The summed E-state index contributed by atoms with van der Waals surface area (Å²) in [5.74, 6) is 1.02. The largest absolute Gasteiger partial charge is 0.508 e. The molecule has 2 aromatic heterocycles. The van der Waals surface area contributed by atoms with E-state index in [1.807, 2.05) is 16.7 Å². The molecule has 0 aliphatic carbocycles. The number of fused-ring (bicyclic) bond motifs is 1. The van der Waals surface area contributed by atoms with Gasteiger partial charge in [0.1, 0.15) is 11.5 Å². The number of aromatic hydroxyl groups is 2. The molecule has 0 amide bonds. The molecule has 0 spiro atoms. The summed E-state index contributed by atoms with van der Waals surface area (Å²) in [7, 11) is 0. The molecule has 0 unspecified atom stereocenters. The van der Waals surface area contributed by atoms with Crippen molar-refractivity contribution in [3.05, 3.63) is 67.1 Å². The highest BCUT2D eigenvalue weighted by Crippen LogP contribution is 2.27. The molecule has 0 aliphatic heterocycles. The zero-order valence-corrected chi connectivity index (χ0v) is 12.6. The average Bonchev–Trinajstić information content (AvgIpc) is 3.02. The van der Waals surface area contributed by atoms with Crippen molar-refractivity contribution in [2.45, 2.75) is 0 Å². The second-order valence-corrected chi connectivity index (χ2v) is 5.34. The Balaban J connectivity index is 1.77. The summed E-state index contributed by atoms with van der Waals surface area (Å²) in [6, 6.07) is 13.8.